The first-order valence-electron chi connectivity index (χ1n) is 9.40. The number of nitrogens with one attached hydrogen (secondary N) is 1. The molecule has 1 aliphatic rings. The van der Waals surface area contributed by atoms with Crippen molar-refractivity contribution in [3.8, 4) is 0 Å². The molecule has 0 aromatic heterocycles. The van der Waals surface area contributed by atoms with E-state index < -0.39 is 10.0 Å². The van der Waals surface area contributed by atoms with Crippen LogP contribution in [0.3, 0.4) is 0 Å². The number of hydrogen-bond acceptors (Lipinski definition) is 4. The Morgan fingerprint density at radius 3 is 2.64 bits per heavy atom. The van der Waals surface area contributed by atoms with Gasteiger partial charge in [-0.15, -0.1) is 0 Å². The Bertz CT molecular complexity index is 986. The highest BCUT2D eigenvalue weighted by Gasteiger charge is 2.26. The third kappa shape index (κ3) is 4.05. The van der Waals surface area contributed by atoms with Crippen molar-refractivity contribution in [1.29, 1.82) is 0 Å². The Hall–Kier alpha value is -2.38. The third-order valence-electron chi connectivity index (χ3n) is 5.12. The number of benzene rings is 2. The average molecular weight is 402 g/mol. The molecule has 0 bridgehead atoms. The van der Waals surface area contributed by atoms with E-state index in [2.05, 4.69) is 35.3 Å². The van der Waals surface area contributed by atoms with Crippen LogP contribution in [0.4, 0.5) is 11.4 Å². The van der Waals surface area contributed by atoms with Crippen molar-refractivity contribution < 1.29 is 13.2 Å². The summed E-state index contributed by atoms with van der Waals surface area (Å²) in [6, 6.07) is 12.3. The molecule has 0 unspecified atom stereocenters. The zero-order valence-corrected chi connectivity index (χ0v) is 17.6. The van der Waals surface area contributed by atoms with Crippen LogP contribution in [0.25, 0.3) is 0 Å². The number of rotatable bonds is 5. The number of aryl methyl sites for hydroxylation is 2. The largest absolute Gasteiger partial charge is 0.360 e. The average Bonchev–Trinajstić information content (AvgIpc) is 2.66. The van der Waals surface area contributed by atoms with Gasteiger partial charge >= 0.3 is 0 Å². The lowest BCUT2D eigenvalue weighted by Crippen LogP contribution is -2.44. The van der Waals surface area contributed by atoms with E-state index in [0.717, 1.165) is 29.4 Å². The SMILES string of the molecule is Cc1ccc2c(c1)CCCN2[C@H](C)C(=O)Nc1cccc(S(=O)(=O)N(C)C)c1. The molecular weight excluding hydrogens is 374 g/mol. The topological polar surface area (TPSA) is 69.7 Å². The van der Waals surface area contributed by atoms with E-state index in [4.69, 9.17) is 0 Å². The van der Waals surface area contributed by atoms with Crippen molar-refractivity contribution in [3.05, 3.63) is 53.6 Å². The van der Waals surface area contributed by atoms with Gasteiger partial charge in [0, 0.05) is 32.0 Å². The van der Waals surface area contributed by atoms with Crippen LogP contribution in [-0.2, 0) is 21.2 Å². The second kappa shape index (κ2) is 7.93. The highest BCUT2D eigenvalue weighted by molar-refractivity contribution is 7.89. The van der Waals surface area contributed by atoms with Gasteiger partial charge in [0.05, 0.1) is 4.90 Å². The molecule has 7 heteroatoms. The van der Waals surface area contributed by atoms with Crippen LogP contribution in [-0.4, -0.2) is 45.3 Å². The lowest BCUT2D eigenvalue weighted by atomic mass is 9.98. The smallest absolute Gasteiger partial charge is 0.246 e. The van der Waals surface area contributed by atoms with Gasteiger partial charge in [-0.25, -0.2) is 12.7 Å². The highest BCUT2D eigenvalue weighted by atomic mass is 32.2. The molecule has 0 saturated carbocycles. The van der Waals surface area contributed by atoms with Crippen LogP contribution >= 0.6 is 0 Å². The fourth-order valence-electron chi connectivity index (χ4n) is 3.49. The standard InChI is InChI=1S/C21H27N3O3S/c1-15-10-11-20-17(13-15)7-6-12-24(20)16(2)21(25)22-18-8-5-9-19(14-18)28(26,27)23(3)4/h5,8-11,13-14,16H,6-7,12H2,1-4H3,(H,22,25)/t16-/m1/s1. The second-order valence-corrected chi connectivity index (χ2v) is 9.56. The first-order chi connectivity index (χ1) is 13.2. The maximum atomic E-state index is 12.9. The number of anilines is 2. The third-order valence-corrected chi connectivity index (χ3v) is 6.93. The fraction of sp³-hybridized carbons (Fsp3) is 0.381. The number of sulfonamides is 1. The first kappa shape index (κ1) is 20.4. The Balaban J connectivity index is 1.79. The summed E-state index contributed by atoms with van der Waals surface area (Å²) in [5.41, 5.74) is 4.06. The molecule has 0 aliphatic carbocycles. The van der Waals surface area contributed by atoms with Gasteiger partial charge in [0.15, 0.2) is 0 Å². The minimum Gasteiger partial charge on any atom is -0.360 e. The minimum absolute atomic E-state index is 0.154. The molecule has 2 aromatic carbocycles. The van der Waals surface area contributed by atoms with Gasteiger partial charge in [0.2, 0.25) is 15.9 Å². The van der Waals surface area contributed by atoms with E-state index in [1.54, 1.807) is 12.1 Å². The number of carbonyl (C=O) groups is 1. The van der Waals surface area contributed by atoms with E-state index in [0.29, 0.717) is 5.69 Å². The lowest BCUT2D eigenvalue weighted by molar-refractivity contribution is -0.117. The molecular formula is C21H27N3O3S. The number of fused-ring (bicyclic) bond motifs is 1. The summed E-state index contributed by atoms with van der Waals surface area (Å²) in [6.45, 7) is 4.77. The zero-order valence-electron chi connectivity index (χ0n) is 16.8. The van der Waals surface area contributed by atoms with Crippen molar-refractivity contribution >= 4 is 27.3 Å². The lowest BCUT2D eigenvalue weighted by Gasteiger charge is -2.35. The molecule has 2 aromatic rings. The minimum atomic E-state index is -3.55. The summed E-state index contributed by atoms with van der Waals surface area (Å²) < 4.78 is 25.8. The maximum Gasteiger partial charge on any atom is 0.246 e. The van der Waals surface area contributed by atoms with E-state index in [-0.39, 0.29) is 16.8 Å². The second-order valence-electron chi connectivity index (χ2n) is 7.41. The molecule has 0 saturated heterocycles. The van der Waals surface area contributed by atoms with Crippen LogP contribution in [0.5, 0.6) is 0 Å². The van der Waals surface area contributed by atoms with Crippen molar-refractivity contribution in [3.63, 3.8) is 0 Å². The van der Waals surface area contributed by atoms with E-state index in [1.165, 1.54) is 37.4 Å². The zero-order chi connectivity index (χ0) is 20.5. The normalized spacial score (nSPS) is 15.2. The molecule has 150 valence electrons. The van der Waals surface area contributed by atoms with Gasteiger partial charge in [0.25, 0.3) is 0 Å². The number of hydrogen-bond donors (Lipinski definition) is 1. The van der Waals surface area contributed by atoms with Gasteiger partial charge < -0.3 is 10.2 Å². The summed E-state index contributed by atoms with van der Waals surface area (Å²) in [6.07, 6.45) is 2.02. The van der Waals surface area contributed by atoms with Gasteiger partial charge in [-0.1, -0.05) is 23.8 Å². The van der Waals surface area contributed by atoms with Crippen LogP contribution in [0, 0.1) is 6.92 Å². The number of amides is 1. The maximum absolute atomic E-state index is 12.9. The fourth-order valence-corrected chi connectivity index (χ4v) is 4.44. The van der Waals surface area contributed by atoms with Gasteiger partial charge in [-0.3, -0.25) is 4.79 Å². The quantitative estimate of drug-likeness (QED) is 0.836. The highest BCUT2D eigenvalue weighted by Crippen LogP contribution is 2.30. The van der Waals surface area contributed by atoms with Crippen LogP contribution < -0.4 is 10.2 Å². The van der Waals surface area contributed by atoms with Gasteiger partial charge in [-0.05, 0) is 56.5 Å². The number of nitrogens with zero attached hydrogens (tertiary/aromatic N) is 2. The predicted molar refractivity (Wildman–Crippen MR) is 112 cm³/mol. The molecule has 1 atom stereocenters. The molecule has 1 N–H and O–H groups in total. The van der Waals surface area contributed by atoms with Crippen LogP contribution in [0.1, 0.15) is 24.5 Å². The molecule has 1 aliphatic heterocycles. The van der Waals surface area contributed by atoms with E-state index in [9.17, 15) is 13.2 Å². The van der Waals surface area contributed by atoms with Crippen molar-refractivity contribution in [2.24, 2.45) is 0 Å². The summed E-state index contributed by atoms with van der Waals surface area (Å²) >= 11 is 0. The summed E-state index contributed by atoms with van der Waals surface area (Å²) in [5.74, 6) is -0.159. The van der Waals surface area contributed by atoms with Crippen LogP contribution in [0.2, 0.25) is 0 Å². The molecule has 3 rings (SSSR count). The molecule has 28 heavy (non-hydrogen) atoms. The van der Waals surface area contributed by atoms with E-state index >= 15 is 0 Å². The Morgan fingerprint density at radius 2 is 1.93 bits per heavy atom. The van der Waals surface area contributed by atoms with Gasteiger partial charge in [0.1, 0.15) is 6.04 Å². The summed E-state index contributed by atoms with van der Waals surface area (Å²) in [4.78, 5) is 15.1. The summed E-state index contributed by atoms with van der Waals surface area (Å²) in [5, 5.41) is 2.87. The molecule has 1 heterocycles. The van der Waals surface area contributed by atoms with Crippen LogP contribution in [0.15, 0.2) is 47.4 Å². The Morgan fingerprint density at radius 1 is 1.18 bits per heavy atom. The molecule has 0 radical (unpaired) electrons. The molecule has 6 nitrogen and oxygen atoms in total. The Kier molecular flexibility index (Phi) is 5.76. The number of carbonyl (C=O) groups excluding carboxylic acids is 1. The molecule has 0 fully saturated rings. The van der Waals surface area contributed by atoms with Gasteiger partial charge in [-0.2, -0.15) is 0 Å². The van der Waals surface area contributed by atoms with E-state index in [1.807, 2.05) is 6.92 Å². The summed E-state index contributed by atoms with van der Waals surface area (Å²) in [7, 11) is -0.580. The monoisotopic (exact) mass is 401 g/mol. The van der Waals surface area contributed by atoms with Crippen molar-refractivity contribution in [2.45, 2.75) is 37.6 Å². The molecule has 0 spiro atoms. The van der Waals surface area contributed by atoms with Crippen molar-refractivity contribution in [2.75, 3.05) is 30.9 Å². The molecule has 1 amide bonds. The Labute approximate surface area is 167 Å². The van der Waals surface area contributed by atoms with Crippen molar-refractivity contribution in [1.82, 2.24) is 4.31 Å². The first-order valence-corrected chi connectivity index (χ1v) is 10.8. The predicted octanol–water partition coefficient (Wildman–Crippen LogP) is 3.03.